The molecule has 4 amide bonds. The third-order valence-corrected chi connectivity index (χ3v) is 9.87. The Hall–Kier alpha value is -6.44. The van der Waals surface area contributed by atoms with Crippen molar-refractivity contribution in [2.75, 3.05) is 26.7 Å². The molecule has 2 aliphatic heterocycles. The molecule has 0 spiro atoms. The Morgan fingerprint density at radius 3 is 1.81 bits per heavy atom. The van der Waals surface area contributed by atoms with E-state index in [9.17, 15) is 19.2 Å². The van der Waals surface area contributed by atoms with Gasteiger partial charge in [-0.3, -0.25) is 9.59 Å². The van der Waals surface area contributed by atoms with Crippen molar-refractivity contribution in [1.29, 1.82) is 0 Å². The quantitative estimate of drug-likeness (QED) is 0.120. The van der Waals surface area contributed by atoms with Gasteiger partial charge in [0.05, 0.1) is 43.0 Å². The molecule has 14 nitrogen and oxygen atoms in total. The van der Waals surface area contributed by atoms with Crippen LogP contribution in [0.1, 0.15) is 61.0 Å². The molecule has 7 rings (SSSR count). The highest BCUT2D eigenvalue weighted by atomic mass is 16.5. The number of carbonyl (C=O) groups excluding carboxylic acids is 3. The molecule has 2 fully saturated rings. The fourth-order valence-corrected chi connectivity index (χ4v) is 7.18. The third kappa shape index (κ3) is 7.61. The van der Waals surface area contributed by atoms with Crippen molar-refractivity contribution in [1.82, 2.24) is 40.4 Å². The summed E-state index contributed by atoms with van der Waals surface area (Å²) in [4.78, 5) is 68.9. The first-order valence-corrected chi connectivity index (χ1v) is 17.6. The van der Waals surface area contributed by atoms with Gasteiger partial charge in [0.15, 0.2) is 0 Å². The lowest BCUT2D eigenvalue weighted by molar-refractivity contribution is -0.134. The van der Waals surface area contributed by atoms with Crippen molar-refractivity contribution in [2.45, 2.75) is 43.8 Å². The first-order chi connectivity index (χ1) is 25.8. The summed E-state index contributed by atoms with van der Waals surface area (Å²) in [6.45, 7) is 0.846. The van der Waals surface area contributed by atoms with Crippen LogP contribution in [0.25, 0.3) is 33.6 Å². The number of likely N-dealkylation sites (tertiary alicyclic amines) is 2. The van der Waals surface area contributed by atoms with E-state index in [4.69, 9.17) is 9.84 Å². The number of methoxy groups -OCH3 is 1. The zero-order valence-corrected chi connectivity index (χ0v) is 29.1. The summed E-state index contributed by atoms with van der Waals surface area (Å²) in [6.07, 6.45) is 4.78. The van der Waals surface area contributed by atoms with Gasteiger partial charge in [0.1, 0.15) is 24.2 Å². The highest BCUT2D eigenvalue weighted by Gasteiger charge is 2.37. The molecule has 0 radical (unpaired) electrons. The molecule has 0 aliphatic carbocycles. The van der Waals surface area contributed by atoms with Crippen LogP contribution in [0.15, 0.2) is 91.3 Å². The molecule has 14 heteroatoms. The number of H-pyrrole nitrogens is 2. The van der Waals surface area contributed by atoms with Gasteiger partial charge < -0.3 is 40.2 Å². The van der Waals surface area contributed by atoms with Crippen LogP contribution in [0.4, 0.5) is 9.59 Å². The highest BCUT2D eigenvalue weighted by molar-refractivity contribution is 5.87. The number of carbonyl (C=O) groups is 4. The molecule has 2 aromatic heterocycles. The van der Waals surface area contributed by atoms with E-state index in [1.54, 1.807) is 22.2 Å². The lowest BCUT2D eigenvalue weighted by atomic mass is 10.0. The lowest BCUT2D eigenvalue weighted by Crippen LogP contribution is -2.42. The van der Waals surface area contributed by atoms with Crippen LogP contribution in [0.2, 0.25) is 0 Å². The number of nitrogens with one attached hydrogen (secondary N) is 4. The van der Waals surface area contributed by atoms with E-state index in [0.29, 0.717) is 30.3 Å². The highest BCUT2D eigenvalue weighted by Crippen LogP contribution is 2.35. The molecule has 3 aromatic carbocycles. The van der Waals surface area contributed by atoms with E-state index in [1.807, 2.05) is 66.7 Å². The van der Waals surface area contributed by atoms with Gasteiger partial charge in [-0.2, -0.15) is 0 Å². The number of benzene rings is 3. The van der Waals surface area contributed by atoms with Crippen LogP contribution < -0.4 is 10.6 Å². The normalized spacial score (nSPS) is 17.4. The fourth-order valence-electron chi connectivity index (χ4n) is 7.18. The molecular formula is C39H40N8O6. The van der Waals surface area contributed by atoms with Crippen LogP contribution in [-0.2, 0) is 14.3 Å². The van der Waals surface area contributed by atoms with Crippen LogP contribution >= 0.6 is 0 Å². The predicted molar refractivity (Wildman–Crippen MR) is 195 cm³/mol. The molecule has 5 N–H and O–H groups in total. The minimum atomic E-state index is -1.23. The van der Waals surface area contributed by atoms with Crippen LogP contribution in [-0.4, -0.2) is 85.6 Å². The van der Waals surface area contributed by atoms with Gasteiger partial charge in [0.2, 0.25) is 5.91 Å². The summed E-state index contributed by atoms with van der Waals surface area (Å²) >= 11 is 0. The average Bonchev–Trinajstić information content (AvgIpc) is 4.03. The Balaban J connectivity index is 1.01. The number of aromatic amines is 2. The van der Waals surface area contributed by atoms with Crippen molar-refractivity contribution >= 4 is 24.0 Å². The Morgan fingerprint density at radius 1 is 0.774 bits per heavy atom. The number of carboxylic acid groups (broad SMARTS) is 1. The number of rotatable bonds is 10. The summed E-state index contributed by atoms with van der Waals surface area (Å²) in [5.74, 6) is 0.888. The maximum Gasteiger partial charge on any atom is 0.407 e. The zero-order valence-electron chi connectivity index (χ0n) is 29.1. The maximum atomic E-state index is 13.8. The van der Waals surface area contributed by atoms with E-state index in [-0.39, 0.29) is 30.4 Å². The standard InChI is InChI=1S/C39H40N8O6/c1-53-39(52)45-34(28-7-3-2-4-8-28)37(49)47-20-6-10-32(47)36-41-22-30(44-36)27-17-13-25(14-18-27)24-11-15-26(16-12-24)29-21-40-35(43-29)31-9-5-19-46(31)33(48)23-42-38(50)51/h2-4,7-8,11-18,21-22,31-32,34,42H,5-6,9-10,19-20,23H2,1H3,(H,40,43)(H,41,44)(H,45,52)(H,50,51)/t31-,32?,34-/m0/s1. The topological polar surface area (TPSA) is 186 Å². The van der Waals surface area contributed by atoms with Crippen LogP contribution in [0, 0.1) is 0 Å². The third-order valence-electron chi connectivity index (χ3n) is 9.87. The summed E-state index contributed by atoms with van der Waals surface area (Å²) in [5, 5.41) is 13.7. The molecule has 0 saturated carbocycles. The Morgan fingerprint density at radius 2 is 1.28 bits per heavy atom. The van der Waals surface area contributed by atoms with E-state index < -0.39 is 18.2 Å². The number of hydrogen-bond donors (Lipinski definition) is 5. The number of ether oxygens (including phenoxy) is 1. The smallest absolute Gasteiger partial charge is 0.407 e. The van der Waals surface area contributed by atoms with Crippen molar-refractivity contribution in [3.63, 3.8) is 0 Å². The Bertz CT molecular complexity index is 2080. The van der Waals surface area contributed by atoms with Gasteiger partial charge in [-0.05, 0) is 53.5 Å². The molecule has 5 aromatic rings. The van der Waals surface area contributed by atoms with Gasteiger partial charge >= 0.3 is 12.2 Å². The number of aromatic nitrogens is 4. The second-order valence-electron chi connectivity index (χ2n) is 13.1. The second-order valence-corrected chi connectivity index (χ2v) is 13.1. The summed E-state index contributed by atoms with van der Waals surface area (Å²) in [5.41, 5.74) is 6.33. The lowest BCUT2D eigenvalue weighted by Gasteiger charge is -2.28. The maximum absolute atomic E-state index is 13.8. The van der Waals surface area contributed by atoms with E-state index in [0.717, 1.165) is 59.3 Å². The van der Waals surface area contributed by atoms with Crippen LogP contribution in [0.3, 0.4) is 0 Å². The largest absolute Gasteiger partial charge is 0.465 e. The number of amides is 4. The fraction of sp³-hybridized carbons (Fsp3) is 0.282. The van der Waals surface area contributed by atoms with E-state index in [2.05, 4.69) is 42.7 Å². The van der Waals surface area contributed by atoms with Gasteiger partial charge in [-0.1, -0.05) is 78.9 Å². The van der Waals surface area contributed by atoms with Gasteiger partial charge in [0.25, 0.3) is 5.91 Å². The number of imidazole rings is 2. The minimum absolute atomic E-state index is 0.218. The van der Waals surface area contributed by atoms with Gasteiger partial charge in [0, 0.05) is 13.1 Å². The molecule has 272 valence electrons. The predicted octanol–water partition coefficient (Wildman–Crippen LogP) is 5.83. The van der Waals surface area contributed by atoms with E-state index >= 15 is 0 Å². The molecular weight excluding hydrogens is 676 g/mol. The molecule has 3 atom stereocenters. The minimum Gasteiger partial charge on any atom is -0.465 e. The SMILES string of the molecule is COC(=O)N[C@H](C(=O)N1CCCC1c1ncc(-c2ccc(-c3ccc(-c4cnc([C@@H]5CCCN5C(=O)CNC(=O)O)[nH]4)cc3)cc2)[nH]1)c1ccccc1. The van der Waals surface area contributed by atoms with Crippen LogP contribution in [0.5, 0.6) is 0 Å². The summed E-state index contributed by atoms with van der Waals surface area (Å²) in [7, 11) is 1.27. The molecule has 4 heterocycles. The molecule has 53 heavy (non-hydrogen) atoms. The molecule has 2 aliphatic rings. The van der Waals surface area contributed by atoms with Crippen molar-refractivity contribution < 1.29 is 29.0 Å². The van der Waals surface area contributed by atoms with Crippen molar-refractivity contribution in [3.05, 3.63) is 108 Å². The number of hydrogen-bond acceptors (Lipinski definition) is 7. The molecule has 0 bridgehead atoms. The first-order valence-electron chi connectivity index (χ1n) is 17.6. The van der Waals surface area contributed by atoms with Crippen molar-refractivity contribution in [2.24, 2.45) is 0 Å². The Labute approximate surface area is 305 Å². The zero-order chi connectivity index (χ0) is 36.9. The second kappa shape index (κ2) is 15.4. The first kappa shape index (κ1) is 35.0. The van der Waals surface area contributed by atoms with E-state index in [1.165, 1.54) is 7.11 Å². The molecule has 2 saturated heterocycles. The number of nitrogens with zero attached hydrogens (tertiary/aromatic N) is 4. The number of alkyl carbamates (subject to hydrolysis) is 1. The molecule has 1 unspecified atom stereocenters. The summed E-state index contributed by atoms with van der Waals surface area (Å²) in [6, 6.07) is 24.1. The average molecular weight is 717 g/mol. The summed E-state index contributed by atoms with van der Waals surface area (Å²) < 4.78 is 4.81. The monoisotopic (exact) mass is 716 g/mol. The van der Waals surface area contributed by atoms with Gasteiger partial charge in [-0.25, -0.2) is 19.6 Å². The van der Waals surface area contributed by atoms with Gasteiger partial charge in [-0.15, -0.1) is 0 Å². The Kier molecular flexibility index (Phi) is 10.2. The van der Waals surface area contributed by atoms with Crippen molar-refractivity contribution in [3.8, 4) is 33.6 Å².